The topological polar surface area (TPSA) is 40.7 Å². The van der Waals surface area contributed by atoms with Crippen LogP contribution in [0.2, 0.25) is 5.02 Å². The number of para-hydroxylation sites is 2. The van der Waals surface area contributed by atoms with Gasteiger partial charge in [-0.05, 0) is 36.4 Å². The second kappa shape index (κ2) is 6.52. The maximum absolute atomic E-state index is 6.13. The van der Waals surface area contributed by atoms with Crippen LogP contribution in [0.5, 0.6) is 0 Å². The van der Waals surface area contributed by atoms with Gasteiger partial charge in [-0.15, -0.1) is 0 Å². The molecule has 0 aliphatic rings. The summed E-state index contributed by atoms with van der Waals surface area (Å²) in [6, 6.07) is 14.0. The van der Waals surface area contributed by atoms with Crippen LogP contribution in [0.4, 0.5) is 0 Å². The van der Waals surface area contributed by atoms with Gasteiger partial charge in [0.2, 0.25) is 0 Å². The second-order valence-electron chi connectivity index (χ2n) is 4.69. The van der Waals surface area contributed by atoms with E-state index in [4.69, 9.17) is 11.6 Å². The Bertz CT molecular complexity index is 721. The molecule has 0 aliphatic carbocycles. The number of fused-ring (bicyclic) bond motifs is 1. The third-order valence-corrected chi connectivity index (χ3v) is 4.39. The van der Waals surface area contributed by atoms with Gasteiger partial charge < -0.3 is 10.3 Å². The Hall–Kier alpha value is -1.49. The minimum atomic E-state index is 0.744. The Labute approximate surface area is 133 Å². The second-order valence-corrected chi connectivity index (χ2v) is 6.16. The molecule has 0 saturated heterocycles. The number of nitrogens with one attached hydrogen (secondary N) is 2. The largest absolute Gasteiger partial charge is 0.333 e. The van der Waals surface area contributed by atoms with Crippen molar-refractivity contribution < 1.29 is 0 Å². The molecule has 5 heteroatoms. The van der Waals surface area contributed by atoms with Gasteiger partial charge in [0.1, 0.15) is 0 Å². The lowest BCUT2D eigenvalue weighted by Crippen LogP contribution is -2.12. The highest BCUT2D eigenvalue weighted by Crippen LogP contribution is 2.32. The highest BCUT2D eigenvalue weighted by molar-refractivity contribution is 7.99. The number of benzene rings is 2. The number of imidazole rings is 1. The van der Waals surface area contributed by atoms with Crippen LogP contribution in [0.1, 0.15) is 12.5 Å². The zero-order valence-corrected chi connectivity index (χ0v) is 13.3. The highest BCUT2D eigenvalue weighted by Gasteiger charge is 2.09. The number of aromatic nitrogens is 2. The monoisotopic (exact) mass is 317 g/mol. The molecule has 0 saturated carbocycles. The van der Waals surface area contributed by atoms with Gasteiger partial charge in [-0.1, -0.05) is 48.5 Å². The Morgan fingerprint density at radius 1 is 1.24 bits per heavy atom. The van der Waals surface area contributed by atoms with E-state index in [1.54, 1.807) is 11.8 Å². The molecule has 0 fully saturated rings. The molecule has 21 heavy (non-hydrogen) atoms. The van der Waals surface area contributed by atoms with Crippen molar-refractivity contribution >= 4 is 34.4 Å². The molecule has 108 valence electrons. The average molecular weight is 318 g/mol. The average Bonchev–Trinajstić information content (AvgIpc) is 2.88. The van der Waals surface area contributed by atoms with Crippen LogP contribution in [-0.4, -0.2) is 16.5 Å². The first-order chi connectivity index (χ1) is 10.3. The van der Waals surface area contributed by atoms with Gasteiger partial charge in [0.25, 0.3) is 0 Å². The summed E-state index contributed by atoms with van der Waals surface area (Å²) >= 11 is 7.74. The number of aromatic amines is 1. The van der Waals surface area contributed by atoms with Crippen molar-refractivity contribution in [3.63, 3.8) is 0 Å². The van der Waals surface area contributed by atoms with E-state index in [2.05, 4.69) is 28.3 Å². The minimum Gasteiger partial charge on any atom is -0.333 e. The van der Waals surface area contributed by atoms with Gasteiger partial charge in [-0.2, -0.15) is 0 Å². The zero-order chi connectivity index (χ0) is 14.7. The fourth-order valence-corrected chi connectivity index (χ4v) is 3.32. The third kappa shape index (κ3) is 3.40. The molecular formula is C16H16ClN3S. The van der Waals surface area contributed by atoms with Crippen LogP contribution < -0.4 is 5.32 Å². The SMILES string of the molecule is CCNCc1ccc(Cl)cc1Sc1nc2ccccc2[nH]1. The van der Waals surface area contributed by atoms with Gasteiger partial charge in [0, 0.05) is 16.5 Å². The van der Waals surface area contributed by atoms with Gasteiger partial charge in [0.15, 0.2) is 5.16 Å². The normalized spacial score (nSPS) is 11.1. The molecule has 1 heterocycles. The molecular weight excluding hydrogens is 302 g/mol. The molecule has 3 aromatic rings. The van der Waals surface area contributed by atoms with Crippen LogP contribution >= 0.6 is 23.4 Å². The van der Waals surface area contributed by atoms with Crippen molar-refractivity contribution in [3.05, 3.63) is 53.1 Å². The summed E-state index contributed by atoms with van der Waals surface area (Å²) in [5.74, 6) is 0. The van der Waals surface area contributed by atoms with Crippen molar-refractivity contribution in [1.82, 2.24) is 15.3 Å². The maximum atomic E-state index is 6.13. The number of halogens is 1. The number of nitrogens with zero attached hydrogens (tertiary/aromatic N) is 1. The first kappa shape index (κ1) is 14.4. The predicted octanol–water partition coefficient (Wildman–Crippen LogP) is 4.48. The lowest BCUT2D eigenvalue weighted by atomic mass is 10.2. The van der Waals surface area contributed by atoms with Gasteiger partial charge in [-0.3, -0.25) is 0 Å². The van der Waals surface area contributed by atoms with E-state index in [1.807, 2.05) is 36.4 Å². The molecule has 0 radical (unpaired) electrons. The first-order valence-electron chi connectivity index (χ1n) is 6.88. The van der Waals surface area contributed by atoms with Gasteiger partial charge >= 0.3 is 0 Å². The van der Waals surface area contributed by atoms with Gasteiger partial charge in [0.05, 0.1) is 11.0 Å². The smallest absolute Gasteiger partial charge is 0.171 e. The molecule has 0 unspecified atom stereocenters. The molecule has 3 nitrogen and oxygen atoms in total. The van der Waals surface area contributed by atoms with E-state index >= 15 is 0 Å². The molecule has 0 amide bonds. The number of hydrogen-bond acceptors (Lipinski definition) is 3. The standard InChI is InChI=1S/C16H16ClN3S/c1-2-18-10-11-7-8-12(17)9-15(11)21-16-19-13-5-3-4-6-14(13)20-16/h3-9,18H,2,10H2,1H3,(H,19,20). The summed E-state index contributed by atoms with van der Waals surface area (Å²) in [4.78, 5) is 9.07. The molecule has 0 aliphatic heterocycles. The van der Waals surface area contributed by atoms with E-state index in [-0.39, 0.29) is 0 Å². The predicted molar refractivity (Wildman–Crippen MR) is 89.0 cm³/mol. The summed E-state index contributed by atoms with van der Waals surface area (Å²) in [5.41, 5.74) is 3.26. The van der Waals surface area contributed by atoms with Gasteiger partial charge in [-0.25, -0.2) is 4.98 Å². The van der Waals surface area contributed by atoms with E-state index in [9.17, 15) is 0 Å². The Morgan fingerprint density at radius 3 is 2.90 bits per heavy atom. The van der Waals surface area contributed by atoms with Crippen LogP contribution in [0.25, 0.3) is 11.0 Å². The Morgan fingerprint density at radius 2 is 2.10 bits per heavy atom. The quantitative estimate of drug-likeness (QED) is 0.729. The Kier molecular flexibility index (Phi) is 4.48. The fraction of sp³-hybridized carbons (Fsp3) is 0.188. The van der Waals surface area contributed by atoms with Crippen molar-refractivity contribution in [2.75, 3.05) is 6.54 Å². The maximum Gasteiger partial charge on any atom is 0.171 e. The van der Waals surface area contributed by atoms with Crippen molar-refractivity contribution in [2.24, 2.45) is 0 Å². The van der Waals surface area contributed by atoms with E-state index in [0.717, 1.165) is 39.2 Å². The summed E-state index contributed by atoms with van der Waals surface area (Å²) in [6.45, 7) is 3.87. The third-order valence-electron chi connectivity index (χ3n) is 3.17. The molecule has 0 bridgehead atoms. The lowest BCUT2D eigenvalue weighted by molar-refractivity contribution is 0.718. The summed E-state index contributed by atoms with van der Waals surface area (Å²) < 4.78 is 0. The van der Waals surface area contributed by atoms with Crippen LogP contribution in [0, 0.1) is 0 Å². The summed E-state index contributed by atoms with van der Waals surface area (Å²) in [5, 5.41) is 4.98. The van der Waals surface area contributed by atoms with Crippen LogP contribution in [-0.2, 0) is 6.54 Å². The van der Waals surface area contributed by atoms with E-state index in [0.29, 0.717) is 0 Å². The number of rotatable bonds is 5. The van der Waals surface area contributed by atoms with Crippen LogP contribution in [0.3, 0.4) is 0 Å². The van der Waals surface area contributed by atoms with Crippen molar-refractivity contribution in [2.45, 2.75) is 23.5 Å². The Balaban J connectivity index is 1.90. The molecule has 2 N–H and O–H groups in total. The number of hydrogen-bond donors (Lipinski definition) is 2. The first-order valence-corrected chi connectivity index (χ1v) is 8.07. The minimum absolute atomic E-state index is 0.744. The number of H-pyrrole nitrogens is 1. The molecule has 0 spiro atoms. The summed E-state index contributed by atoms with van der Waals surface area (Å²) in [7, 11) is 0. The fourth-order valence-electron chi connectivity index (χ4n) is 2.11. The van der Waals surface area contributed by atoms with Crippen molar-refractivity contribution in [3.8, 4) is 0 Å². The summed E-state index contributed by atoms with van der Waals surface area (Å²) in [6.07, 6.45) is 0. The highest BCUT2D eigenvalue weighted by atomic mass is 35.5. The molecule has 1 aromatic heterocycles. The van der Waals surface area contributed by atoms with E-state index < -0.39 is 0 Å². The van der Waals surface area contributed by atoms with E-state index in [1.165, 1.54) is 5.56 Å². The van der Waals surface area contributed by atoms with Crippen LogP contribution in [0.15, 0.2) is 52.5 Å². The van der Waals surface area contributed by atoms with Crippen molar-refractivity contribution in [1.29, 1.82) is 0 Å². The molecule has 3 rings (SSSR count). The zero-order valence-electron chi connectivity index (χ0n) is 11.7. The molecule has 0 atom stereocenters. The lowest BCUT2D eigenvalue weighted by Gasteiger charge is -2.08. The molecule has 2 aromatic carbocycles.